The highest BCUT2D eigenvalue weighted by Crippen LogP contribution is 2.10. The number of hydrogen-bond donors (Lipinski definition) is 3. The zero-order valence-electron chi connectivity index (χ0n) is 8.11. The molecule has 0 spiro atoms. The van der Waals surface area contributed by atoms with Crippen LogP contribution in [0.4, 0.5) is 0 Å². The van der Waals surface area contributed by atoms with Crippen molar-refractivity contribution in [1.82, 2.24) is 14.9 Å². The summed E-state index contributed by atoms with van der Waals surface area (Å²) in [7, 11) is -3.48. The van der Waals surface area contributed by atoms with Gasteiger partial charge in [0.25, 0.3) is 0 Å². The van der Waals surface area contributed by atoms with Crippen molar-refractivity contribution < 1.29 is 8.42 Å². The Morgan fingerprint density at radius 1 is 1.71 bits per heavy atom. The molecule has 0 aliphatic heterocycles. The van der Waals surface area contributed by atoms with Crippen LogP contribution in [0.3, 0.4) is 0 Å². The average molecular weight is 218 g/mol. The zero-order chi connectivity index (χ0) is 10.8. The van der Waals surface area contributed by atoms with Crippen LogP contribution >= 0.6 is 0 Å². The first-order chi connectivity index (χ1) is 6.47. The molecule has 0 fully saturated rings. The molecule has 14 heavy (non-hydrogen) atoms. The summed E-state index contributed by atoms with van der Waals surface area (Å²) in [5.74, 6) is 0. The van der Waals surface area contributed by atoms with Gasteiger partial charge in [-0.1, -0.05) is 0 Å². The molecule has 1 rings (SSSR count). The molecule has 7 heteroatoms. The molecule has 1 unspecified atom stereocenters. The Morgan fingerprint density at radius 2 is 2.36 bits per heavy atom. The van der Waals surface area contributed by atoms with Crippen LogP contribution in [0.5, 0.6) is 0 Å². The van der Waals surface area contributed by atoms with E-state index in [-0.39, 0.29) is 17.5 Å². The third-order valence-corrected chi connectivity index (χ3v) is 3.49. The lowest BCUT2D eigenvalue weighted by Crippen LogP contribution is -2.37. The van der Waals surface area contributed by atoms with Gasteiger partial charge < -0.3 is 5.73 Å². The van der Waals surface area contributed by atoms with Crippen molar-refractivity contribution in [2.45, 2.75) is 24.8 Å². The van der Waals surface area contributed by atoms with Gasteiger partial charge in [-0.2, -0.15) is 5.10 Å². The quantitative estimate of drug-likeness (QED) is 0.624. The number of rotatable bonds is 4. The second kappa shape index (κ2) is 4.07. The number of nitrogens with zero attached hydrogens (tertiary/aromatic N) is 1. The van der Waals surface area contributed by atoms with Crippen LogP contribution in [-0.2, 0) is 10.0 Å². The van der Waals surface area contributed by atoms with Crippen LogP contribution in [0.1, 0.15) is 12.6 Å². The monoisotopic (exact) mass is 218 g/mol. The van der Waals surface area contributed by atoms with Crippen LogP contribution in [0.2, 0.25) is 0 Å². The first-order valence-electron chi connectivity index (χ1n) is 4.19. The molecule has 1 aromatic heterocycles. The Balaban J connectivity index is 2.92. The first-order valence-corrected chi connectivity index (χ1v) is 5.68. The first kappa shape index (κ1) is 11.2. The van der Waals surface area contributed by atoms with E-state index in [1.54, 1.807) is 13.8 Å². The molecule has 0 bridgehead atoms. The molecular formula is C7H14N4O2S. The van der Waals surface area contributed by atoms with Gasteiger partial charge in [-0.25, -0.2) is 13.1 Å². The Kier molecular flexibility index (Phi) is 3.25. The SMILES string of the molecule is Cc1[nH]ncc1S(=O)(=O)NC(C)CN. The van der Waals surface area contributed by atoms with Gasteiger partial charge in [0, 0.05) is 12.6 Å². The number of H-pyrrole nitrogens is 1. The Bertz CT molecular complexity index is 398. The minimum Gasteiger partial charge on any atom is -0.329 e. The van der Waals surface area contributed by atoms with Gasteiger partial charge in [0.15, 0.2) is 0 Å². The van der Waals surface area contributed by atoms with Crippen molar-refractivity contribution >= 4 is 10.0 Å². The van der Waals surface area contributed by atoms with E-state index in [9.17, 15) is 8.42 Å². The molecule has 1 atom stereocenters. The molecule has 80 valence electrons. The number of nitrogens with two attached hydrogens (primary N) is 1. The molecule has 0 saturated carbocycles. The van der Waals surface area contributed by atoms with Crippen LogP contribution in [0.25, 0.3) is 0 Å². The standard InChI is InChI=1S/C7H14N4O2S/c1-5(3-8)11-14(12,13)7-4-9-10-6(7)2/h4-5,11H,3,8H2,1-2H3,(H,9,10). The van der Waals surface area contributed by atoms with Crippen molar-refractivity contribution in [2.75, 3.05) is 6.54 Å². The van der Waals surface area contributed by atoms with E-state index in [0.717, 1.165) is 0 Å². The number of aromatic amines is 1. The smallest absolute Gasteiger partial charge is 0.244 e. The van der Waals surface area contributed by atoms with Gasteiger partial charge in [-0.3, -0.25) is 5.10 Å². The summed E-state index contributed by atoms with van der Waals surface area (Å²) in [6, 6.07) is -0.283. The van der Waals surface area contributed by atoms with Crippen molar-refractivity contribution in [1.29, 1.82) is 0 Å². The predicted molar refractivity (Wildman–Crippen MR) is 52.2 cm³/mol. The lowest BCUT2D eigenvalue weighted by molar-refractivity contribution is 0.562. The molecule has 0 amide bonds. The fourth-order valence-electron chi connectivity index (χ4n) is 0.987. The number of nitrogens with one attached hydrogen (secondary N) is 2. The van der Waals surface area contributed by atoms with Crippen LogP contribution in [0, 0.1) is 6.92 Å². The van der Waals surface area contributed by atoms with Gasteiger partial charge in [0.05, 0.1) is 11.9 Å². The number of sulfonamides is 1. The Morgan fingerprint density at radius 3 is 2.79 bits per heavy atom. The molecule has 0 aromatic carbocycles. The highest BCUT2D eigenvalue weighted by molar-refractivity contribution is 7.89. The van der Waals surface area contributed by atoms with Gasteiger partial charge in [-0.05, 0) is 13.8 Å². The highest BCUT2D eigenvalue weighted by atomic mass is 32.2. The van der Waals surface area contributed by atoms with Crippen molar-refractivity contribution in [3.05, 3.63) is 11.9 Å². The summed E-state index contributed by atoms with van der Waals surface area (Å²) in [5, 5.41) is 6.21. The highest BCUT2D eigenvalue weighted by Gasteiger charge is 2.19. The molecule has 0 aliphatic rings. The second-order valence-electron chi connectivity index (χ2n) is 3.12. The topological polar surface area (TPSA) is 101 Å². The minimum absolute atomic E-state index is 0.165. The van der Waals surface area contributed by atoms with E-state index in [1.807, 2.05) is 0 Å². The third kappa shape index (κ3) is 2.31. The Labute approximate surface area is 82.9 Å². The molecule has 1 aromatic rings. The van der Waals surface area contributed by atoms with Gasteiger partial charge >= 0.3 is 0 Å². The number of hydrogen-bond acceptors (Lipinski definition) is 4. The van der Waals surface area contributed by atoms with Crippen molar-refractivity contribution in [3.63, 3.8) is 0 Å². The van der Waals surface area contributed by atoms with E-state index in [1.165, 1.54) is 6.20 Å². The average Bonchev–Trinajstić information content (AvgIpc) is 2.51. The largest absolute Gasteiger partial charge is 0.329 e. The maximum atomic E-state index is 11.7. The molecule has 1 heterocycles. The lowest BCUT2D eigenvalue weighted by atomic mass is 10.4. The fraction of sp³-hybridized carbons (Fsp3) is 0.571. The van der Waals surface area contributed by atoms with E-state index in [0.29, 0.717) is 5.69 Å². The normalized spacial score (nSPS) is 14.2. The summed E-state index contributed by atoms with van der Waals surface area (Å²) in [6.45, 7) is 3.61. The van der Waals surface area contributed by atoms with E-state index >= 15 is 0 Å². The van der Waals surface area contributed by atoms with Crippen LogP contribution < -0.4 is 10.5 Å². The van der Waals surface area contributed by atoms with Gasteiger partial charge in [0.2, 0.25) is 10.0 Å². The van der Waals surface area contributed by atoms with E-state index in [2.05, 4.69) is 14.9 Å². The minimum atomic E-state index is -3.48. The molecule has 0 aliphatic carbocycles. The van der Waals surface area contributed by atoms with Crippen LogP contribution in [-0.4, -0.2) is 31.2 Å². The van der Waals surface area contributed by atoms with Gasteiger partial charge in [-0.15, -0.1) is 0 Å². The van der Waals surface area contributed by atoms with Crippen LogP contribution in [0.15, 0.2) is 11.1 Å². The second-order valence-corrected chi connectivity index (χ2v) is 4.80. The molecule has 0 saturated heterocycles. The molecule has 0 radical (unpaired) electrons. The molecular weight excluding hydrogens is 204 g/mol. The van der Waals surface area contributed by atoms with Crippen molar-refractivity contribution in [3.8, 4) is 0 Å². The summed E-state index contributed by atoms with van der Waals surface area (Å²) in [5.41, 5.74) is 5.84. The summed E-state index contributed by atoms with van der Waals surface area (Å²) >= 11 is 0. The van der Waals surface area contributed by atoms with Gasteiger partial charge in [0.1, 0.15) is 4.90 Å². The Hall–Kier alpha value is -0.920. The third-order valence-electron chi connectivity index (χ3n) is 1.78. The summed E-state index contributed by atoms with van der Waals surface area (Å²) in [4.78, 5) is 0.165. The number of aryl methyl sites for hydroxylation is 1. The molecule has 4 N–H and O–H groups in total. The lowest BCUT2D eigenvalue weighted by Gasteiger charge is -2.10. The van der Waals surface area contributed by atoms with E-state index < -0.39 is 10.0 Å². The maximum absolute atomic E-state index is 11.7. The summed E-state index contributed by atoms with van der Waals surface area (Å²) < 4.78 is 25.7. The maximum Gasteiger partial charge on any atom is 0.244 e. The summed E-state index contributed by atoms with van der Waals surface area (Å²) in [6.07, 6.45) is 1.28. The van der Waals surface area contributed by atoms with E-state index in [4.69, 9.17) is 5.73 Å². The molecule has 6 nitrogen and oxygen atoms in total. The fourth-order valence-corrected chi connectivity index (χ4v) is 2.38. The number of aromatic nitrogens is 2. The predicted octanol–water partition coefficient (Wildman–Crippen LogP) is -0.656. The zero-order valence-corrected chi connectivity index (χ0v) is 8.93. The van der Waals surface area contributed by atoms with Crippen molar-refractivity contribution in [2.24, 2.45) is 5.73 Å².